The Morgan fingerprint density at radius 2 is 2.05 bits per heavy atom. The smallest absolute Gasteiger partial charge is 0.259 e. The predicted octanol–water partition coefficient (Wildman–Crippen LogP) is 6.10. The largest absolute Gasteiger partial charge is 0.360 e. The van der Waals surface area contributed by atoms with E-state index in [1.165, 1.54) is 23.7 Å². The fraction of sp³-hybridized carbons (Fsp3) is 0.156. The van der Waals surface area contributed by atoms with E-state index in [1.54, 1.807) is 5.51 Å². The average molecular weight is 561 g/mol. The van der Waals surface area contributed by atoms with Gasteiger partial charge in [-0.15, -0.1) is 11.3 Å². The van der Waals surface area contributed by atoms with Crippen LogP contribution in [0.1, 0.15) is 36.7 Å². The third-order valence-electron chi connectivity index (χ3n) is 7.22. The minimum absolute atomic E-state index is 0.0569. The molecule has 0 fully saturated rings. The summed E-state index contributed by atoms with van der Waals surface area (Å²) in [7, 11) is 0. The monoisotopic (exact) mass is 560 g/mol. The number of nitrogens with one attached hydrogen (secondary N) is 2. The van der Waals surface area contributed by atoms with Crippen LogP contribution in [0.3, 0.4) is 0 Å². The van der Waals surface area contributed by atoms with Gasteiger partial charge in [0.1, 0.15) is 16.7 Å². The number of rotatable bonds is 8. The van der Waals surface area contributed by atoms with Crippen LogP contribution in [0.2, 0.25) is 0 Å². The van der Waals surface area contributed by atoms with Crippen molar-refractivity contribution in [3.05, 3.63) is 119 Å². The zero-order valence-electron chi connectivity index (χ0n) is 22.4. The molecule has 2 unspecified atom stereocenters. The highest BCUT2D eigenvalue weighted by molar-refractivity contribution is 7.16. The van der Waals surface area contributed by atoms with E-state index in [-0.39, 0.29) is 23.6 Å². The first-order valence-corrected chi connectivity index (χ1v) is 14.2. The number of hydrogen-bond donors (Lipinski definition) is 2. The van der Waals surface area contributed by atoms with Crippen LogP contribution in [0.15, 0.2) is 102 Å². The number of carbonyl (C=O) groups excluding carboxylic acids is 1. The van der Waals surface area contributed by atoms with Crippen LogP contribution >= 0.6 is 11.3 Å². The molecule has 1 aliphatic carbocycles. The first-order chi connectivity index (χ1) is 20.0. The summed E-state index contributed by atoms with van der Waals surface area (Å²) in [6, 6.07) is 15.6. The highest BCUT2D eigenvalue weighted by Gasteiger charge is 2.23. The topological polar surface area (TPSA) is 102 Å². The second-order valence-electron chi connectivity index (χ2n) is 9.85. The average Bonchev–Trinajstić information content (AvgIpc) is 3.50. The van der Waals surface area contributed by atoms with Crippen molar-refractivity contribution in [2.45, 2.75) is 32.0 Å². The first-order valence-electron chi connectivity index (χ1n) is 13.4. The van der Waals surface area contributed by atoms with Gasteiger partial charge in [0.05, 0.1) is 23.0 Å². The summed E-state index contributed by atoms with van der Waals surface area (Å²) in [4.78, 5) is 40.2. The van der Waals surface area contributed by atoms with Gasteiger partial charge < -0.3 is 15.2 Å². The molecule has 0 radical (unpaired) electrons. The Labute approximate surface area is 240 Å². The molecule has 2 N–H and O–H groups in total. The van der Waals surface area contributed by atoms with E-state index in [0.29, 0.717) is 29.7 Å². The van der Waals surface area contributed by atoms with Gasteiger partial charge in [-0.2, -0.15) is 0 Å². The molecule has 5 aromatic rings. The lowest BCUT2D eigenvalue weighted by molar-refractivity contribution is -0.116. The number of fused-ring (bicyclic) bond motifs is 2. The SMILES string of the molecule is C=CC(=O)NCc1cccc(-c2cccc3cc(C(C)Nc4ncnc5scnc45)n(C4C=CC=CC4)c(=O)c23)c1. The zero-order chi connectivity index (χ0) is 28.3. The Morgan fingerprint density at radius 1 is 1.17 bits per heavy atom. The normalized spacial score (nSPS) is 15.2. The summed E-state index contributed by atoms with van der Waals surface area (Å²) in [5.41, 5.74) is 5.96. The van der Waals surface area contributed by atoms with Crippen molar-refractivity contribution in [3.63, 3.8) is 0 Å². The maximum absolute atomic E-state index is 14.5. The molecule has 0 spiro atoms. The van der Waals surface area contributed by atoms with Gasteiger partial charge in [0.25, 0.3) is 5.56 Å². The van der Waals surface area contributed by atoms with Crippen LogP contribution in [0.4, 0.5) is 5.82 Å². The molecule has 6 rings (SSSR count). The minimum atomic E-state index is -0.244. The molecule has 3 heterocycles. The van der Waals surface area contributed by atoms with Crippen LogP contribution in [-0.2, 0) is 11.3 Å². The van der Waals surface area contributed by atoms with E-state index in [4.69, 9.17) is 0 Å². The molecule has 1 aliphatic rings. The van der Waals surface area contributed by atoms with Crippen molar-refractivity contribution < 1.29 is 4.79 Å². The number of pyridine rings is 1. The highest BCUT2D eigenvalue weighted by Crippen LogP contribution is 2.32. The third kappa shape index (κ3) is 5.19. The lowest BCUT2D eigenvalue weighted by Crippen LogP contribution is -2.30. The van der Waals surface area contributed by atoms with E-state index in [1.807, 2.05) is 66.1 Å². The van der Waals surface area contributed by atoms with E-state index < -0.39 is 0 Å². The number of benzene rings is 2. The minimum Gasteiger partial charge on any atom is -0.360 e. The summed E-state index contributed by atoms with van der Waals surface area (Å²) in [5, 5.41) is 7.82. The molecule has 3 aromatic heterocycles. The molecular weight excluding hydrogens is 532 g/mol. The fourth-order valence-corrected chi connectivity index (χ4v) is 5.89. The van der Waals surface area contributed by atoms with Crippen molar-refractivity contribution in [3.8, 4) is 11.1 Å². The van der Waals surface area contributed by atoms with Crippen LogP contribution in [0.25, 0.3) is 32.2 Å². The van der Waals surface area contributed by atoms with Gasteiger partial charge in [0, 0.05) is 12.2 Å². The Hall–Kier alpha value is -4.89. The Balaban J connectivity index is 1.47. The number of nitrogens with zero attached hydrogens (tertiary/aromatic N) is 4. The second kappa shape index (κ2) is 11.3. The van der Waals surface area contributed by atoms with Gasteiger partial charge in [-0.3, -0.25) is 9.59 Å². The number of anilines is 1. The molecule has 0 saturated heterocycles. The van der Waals surface area contributed by atoms with Crippen LogP contribution in [0.5, 0.6) is 0 Å². The summed E-state index contributed by atoms with van der Waals surface area (Å²) in [6.45, 7) is 5.91. The number of allylic oxidation sites excluding steroid dienone is 4. The van der Waals surface area contributed by atoms with Gasteiger partial charge in [0.15, 0.2) is 5.82 Å². The predicted molar refractivity (Wildman–Crippen MR) is 165 cm³/mol. The number of amides is 1. The summed E-state index contributed by atoms with van der Waals surface area (Å²) < 4.78 is 1.90. The van der Waals surface area contributed by atoms with Crippen molar-refractivity contribution in [2.24, 2.45) is 0 Å². The summed E-state index contributed by atoms with van der Waals surface area (Å²) in [6.07, 6.45) is 11.6. The van der Waals surface area contributed by atoms with Crippen molar-refractivity contribution >= 4 is 44.2 Å². The summed E-state index contributed by atoms with van der Waals surface area (Å²) in [5.74, 6) is 0.404. The molecule has 2 atom stereocenters. The molecule has 204 valence electrons. The molecule has 41 heavy (non-hydrogen) atoms. The van der Waals surface area contributed by atoms with Gasteiger partial charge in [-0.1, -0.05) is 67.3 Å². The van der Waals surface area contributed by atoms with E-state index in [2.05, 4.69) is 50.4 Å². The fourth-order valence-electron chi connectivity index (χ4n) is 5.26. The number of thiazole rings is 1. The lowest BCUT2D eigenvalue weighted by atomic mass is 9.96. The van der Waals surface area contributed by atoms with Gasteiger partial charge >= 0.3 is 0 Å². The Morgan fingerprint density at radius 3 is 2.88 bits per heavy atom. The molecular formula is C32H28N6O2S. The van der Waals surface area contributed by atoms with Crippen molar-refractivity contribution in [1.29, 1.82) is 0 Å². The second-order valence-corrected chi connectivity index (χ2v) is 10.7. The molecule has 9 heteroatoms. The number of hydrogen-bond acceptors (Lipinski definition) is 7. The van der Waals surface area contributed by atoms with Gasteiger partial charge in [0.2, 0.25) is 5.91 Å². The van der Waals surface area contributed by atoms with E-state index in [0.717, 1.165) is 32.6 Å². The maximum Gasteiger partial charge on any atom is 0.259 e. The summed E-state index contributed by atoms with van der Waals surface area (Å²) >= 11 is 1.46. The maximum atomic E-state index is 14.5. The molecule has 2 aromatic carbocycles. The first kappa shape index (κ1) is 26.3. The van der Waals surface area contributed by atoms with Crippen LogP contribution in [-0.4, -0.2) is 25.4 Å². The van der Waals surface area contributed by atoms with Gasteiger partial charge in [-0.25, -0.2) is 15.0 Å². The van der Waals surface area contributed by atoms with Crippen molar-refractivity contribution in [1.82, 2.24) is 24.8 Å². The van der Waals surface area contributed by atoms with E-state index >= 15 is 0 Å². The lowest BCUT2D eigenvalue weighted by Gasteiger charge is -2.26. The Kier molecular flexibility index (Phi) is 7.26. The standard InChI is InChI=1S/C32H28N6O2S/c1-3-27(39)33-17-21-9-7-10-22(15-21)25-14-8-11-23-16-26(38(32(40)28(23)25)24-12-5-4-6-13-24)20(2)37-30-29-31(35-18-34-30)41-19-36-29/h3-12,14-16,18-20,24H,1,13,17H2,2H3,(H,33,39)(H,34,35,37). The van der Waals surface area contributed by atoms with Crippen molar-refractivity contribution in [2.75, 3.05) is 5.32 Å². The zero-order valence-corrected chi connectivity index (χ0v) is 23.3. The molecule has 1 amide bonds. The van der Waals surface area contributed by atoms with Gasteiger partial charge in [-0.05, 0) is 53.6 Å². The number of aromatic nitrogens is 4. The van der Waals surface area contributed by atoms with Crippen LogP contribution < -0.4 is 16.2 Å². The van der Waals surface area contributed by atoms with E-state index in [9.17, 15) is 9.59 Å². The molecule has 8 nitrogen and oxygen atoms in total. The Bertz CT molecular complexity index is 1900. The number of carbonyl (C=O) groups is 1. The molecule has 0 saturated carbocycles. The van der Waals surface area contributed by atoms with Crippen LogP contribution in [0, 0.1) is 0 Å². The third-order valence-corrected chi connectivity index (χ3v) is 7.96. The molecule has 0 bridgehead atoms. The quantitative estimate of drug-likeness (QED) is 0.222. The highest BCUT2D eigenvalue weighted by atomic mass is 32.1. The molecule has 0 aliphatic heterocycles.